The molecule has 1 N–H and O–H groups in total. The summed E-state index contributed by atoms with van der Waals surface area (Å²) in [6.45, 7) is 6.05. The first kappa shape index (κ1) is 19.3. The Kier molecular flexibility index (Phi) is 5.48. The van der Waals surface area contributed by atoms with E-state index in [1.807, 2.05) is 13.8 Å². The molecule has 1 aromatic heterocycles. The summed E-state index contributed by atoms with van der Waals surface area (Å²) < 4.78 is 5.32. The number of hydrogen-bond acceptors (Lipinski definition) is 7. The van der Waals surface area contributed by atoms with Gasteiger partial charge in [-0.05, 0) is 31.6 Å². The predicted molar refractivity (Wildman–Crippen MR) is 98.8 cm³/mol. The van der Waals surface area contributed by atoms with Crippen molar-refractivity contribution in [2.75, 3.05) is 6.61 Å². The molecule has 0 saturated carbocycles. The average Bonchev–Trinajstić information content (AvgIpc) is 2.99. The van der Waals surface area contributed by atoms with Crippen molar-refractivity contribution in [3.05, 3.63) is 28.3 Å². The number of Topliss-reactive ketones (excluding diaryl/α,β-unsaturated/α-hetero) is 2. The molecule has 0 fully saturated rings. The van der Waals surface area contributed by atoms with Gasteiger partial charge < -0.3 is 14.5 Å². The van der Waals surface area contributed by atoms with Crippen LogP contribution in [0.25, 0.3) is 0 Å². The van der Waals surface area contributed by atoms with Crippen molar-refractivity contribution in [2.45, 2.75) is 65.7 Å². The summed E-state index contributed by atoms with van der Waals surface area (Å²) in [5, 5.41) is 18.6. The smallest absolute Gasteiger partial charge is 0.168 e. The third-order valence-corrected chi connectivity index (χ3v) is 4.96. The maximum atomic E-state index is 12.6. The quantitative estimate of drug-likeness (QED) is 0.601. The molecule has 3 rings (SSSR count). The Labute approximate surface area is 158 Å². The van der Waals surface area contributed by atoms with Gasteiger partial charge in [-0.15, -0.1) is 0 Å². The number of ketones is 2. The van der Waals surface area contributed by atoms with Crippen LogP contribution in [0, 0.1) is 5.41 Å². The number of aromatic nitrogens is 1. The minimum atomic E-state index is -0.279. The average molecular weight is 374 g/mol. The van der Waals surface area contributed by atoms with Crippen LogP contribution in [0.5, 0.6) is 0 Å². The van der Waals surface area contributed by atoms with E-state index in [9.17, 15) is 14.7 Å². The summed E-state index contributed by atoms with van der Waals surface area (Å²) >= 11 is 0. The normalized spacial score (nSPS) is 20.0. The van der Waals surface area contributed by atoms with Crippen LogP contribution in [0.15, 0.2) is 21.0 Å². The molecular formula is C20H26N2O5. The van der Waals surface area contributed by atoms with E-state index in [0.29, 0.717) is 67.9 Å². The van der Waals surface area contributed by atoms with E-state index in [1.54, 1.807) is 6.92 Å². The first-order chi connectivity index (χ1) is 12.8. The van der Waals surface area contributed by atoms with Gasteiger partial charge in [0.25, 0.3) is 0 Å². The van der Waals surface area contributed by atoms with Crippen molar-refractivity contribution in [3.63, 3.8) is 0 Å². The number of oxime groups is 1. The van der Waals surface area contributed by atoms with Gasteiger partial charge in [0.05, 0.1) is 22.5 Å². The highest BCUT2D eigenvalue weighted by Gasteiger charge is 2.35. The first-order valence-electron chi connectivity index (χ1n) is 9.47. The lowest BCUT2D eigenvalue weighted by atomic mass is 9.75. The zero-order valence-electron chi connectivity index (χ0n) is 16.1. The Balaban J connectivity index is 1.84. The molecule has 0 amide bonds. The van der Waals surface area contributed by atoms with Crippen LogP contribution in [0.4, 0.5) is 0 Å². The first-order valence-corrected chi connectivity index (χ1v) is 9.47. The van der Waals surface area contributed by atoms with Crippen molar-refractivity contribution in [1.29, 1.82) is 0 Å². The molecular weight excluding hydrogens is 348 g/mol. The van der Waals surface area contributed by atoms with E-state index in [1.165, 1.54) is 0 Å². The standard InChI is InChI=1S/C20H26N2O5/c1-4-26-21-12(18-15(24)10-20(2,3)11-16(18)25)8-9-13-19-14(23)6-5-7-17(19)27-22-13/h24H,4-11H2,1-3H3/b21-12+. The van der Waals surface area contributed by atoms with E-state index >= 15 is 0 Å². The second-order valence-electron chi connectivity index (χ2n) is 7.92. The molecule has 0 aromatic carbocycles. The van der Waals surface area contributed by atoms with Crippen LogP contribution in [-0.2, 0) is 22.5 Å². The lowest BCUT2D eigenvalue weighted by Gasteiger charge is -2.29. The molecule has 7 heteroatoms. The van der Waals surface area contributed by atoms with Crippen LogP contribution in [-0.4, -0.2) is 34.1 Å². The summed E-state index contributed by atoms with van der Waals surface area (Å²) in [5.41, 5.74) is 1.52. The molecule has 0 bridgehead atoms. The Bertz CT molecular complexity index is 816. The Morgan fingerprint density at radius 2 is 2.04 bits per heavy atom. The Morgan fingerprint density at radius 3 is 2.74 bits per heavy atom. The van der Waals surface area contributed by atoms with Crippen LogP contribution in [0.1, 0.15) is 74.7 Å². The number of aryl methyl sites for hydroxylation is 2. The largest absolute Gasteiger partial charge is 0.511 e. The summed E-state index contributed by atoms with van der Waals surface area (Å²) in [6.07, 6.45) is 3.48. The summed E-state index contributed by atoms with van der Waals surface area (Å²) in [5.74, 6) is 0.601. The number of fused-ring (bicyclic) bond motifs is 1. The summed E-state index contributed by atoms with van der Waals surface area (Å²) in [7, 11) is 0. The van der Waals surface area contributed by atoms with Crippen LogP contribution in [0.2, 0.25) is 0 Å². The van der Waals surface area contributed by atoms with Crippen molar-refractivity contribution in [3.8, 4) is 0 Å². The number of carbonyl (C=O) groups excluding carboxylic acids is 2. The molecule has 1 heterocycles. The highest BCUT2D eigenvalue weighted by atomic mass is 16.6. The van der Waals surface area contributed by atoms with Crippen LogP contribution < -0.4 is 0 Å². The van der Waals surface area contributed by atoms with Gasteiger partial charge in [-0.3, -0.25) is 9.59 Å². The van der Waals surface area contributed by atoms with E-state index in [-0.39, 0.29) is 28.3 Å². The van der Waals surface area contributed by atoms with Gasteiger partial charge in [0.2, 0.25) is 0 Å². The number of aliphatic hydroxyl groups is 1. The van der Waals surface area contributed by atoms with E-state index in [0.717, 1.165) is 6.42 Å². The van der Waals surface area contributed by atoms with Crippen molar-refractivity contribution >= 4 is 17.3 Å². The van der Waals surface area contributed by atoms with Gasteiger partial charge in [-0.2, -0.15) is 0 Å². The molecule has 0 aliphatic heterocycles. The van der Waals surface area contributed by atoms with E-state index in [2.05, 4.69) is 10.3 Å². The number of allylic oxidation sites excluding steroid dienone is 2. The minimum Gasteiger partial charge on any atom is -0.511 e. The third-order valence-electron chi connectivity index (χ3n) is 4.96. The number of nitrogens with zero attached hydrogens (tertiary/aromatic N) is 2. The molecule has 27 heavy (non-hydrogen) atoms. The molecule has 0 unspecified atom stereocenters. The maximum absolute atomic E-state index is 12.6. The monoisotopic (exact) mass is 374 g/mol. The van der Waals surface area contributed by atoms with Gasteiger partial charge in [0, 0.05) is 25.7 Å². The number of aliphatic hydroxyl groups excluding tert-OH is 1. The molecule has 7 nitrogen and oxygen atoms in total. The summed E-state index contributed by atoms with van der Waals surface area (Å²) in [4.78, 5) is 30.0. The SMILES string of the molecule is CCO/N=C(\CCc1noc2c1C(=O)CCC2)C1=C(O)CC(C)(C)CC1=O. The van der Waals surface area contributed by atoms with Gasteiger partial charge in [-0.1, -0.05) is 24.2 Å². The highest BCUT2D eigenvalue weighted by molar-refractivity contribution is 6.23. The molecule has 2 aliphatic rings. The van der Waals surface area contributed by atoms with Crippen molar-refractivity contribution in [2.24, 2.45) is 10.6 Å². The Hall–Kier alpha value is -2.44. The van der Waals surface area contributed by atoms with E-state index in [4.69, 9.17) is 9.36 Å². The second-order valence-corrected chi connectivity index (χ2v) is 7.92. The number of hydrogen-bond donors (Lipinski definition) is 1. The van der Waals surface area contributed by atoms with Crippen molar-refractivity contribution < 1.29 is 24.1 Å². The lowest BCUT2D eigenvalue weighted by Crippen LogP contribution is -2.29. The predicted octanol–water partition coefficient (Wildman–Crippen LogP) is 3.72. The molecule has 146 valence electrons. The fraction of sp³-hybridized carbons (Fsp3) is 0.600. The minimum absolute atomic E-state index is 0.0490. The molecule has 0 atom stereocenters. The van der Waals surface area contributed by atoms with E-state index < -0.39 is 0 Å². The third kappa shape index (κ3) is 4.12. The van der Waals surface area contributed by atoms with Gasteiger partial charge in [0.15, 0.2) is 11.6 Å². The van der Waals surface area contributed by atoms with Gasteiger partial charge in [0.1, 0.15) is 18.1 Å². The number of carbonyl (C=O) groups is 2. The fourth-order valence-corrected chi connectivity index (χ4v) is 3.77. The number of rotatable bonds is 6. The zero-order chi connectivity index (χ0) is 19.6. The lowest BCUT2D eigenvalue weighted by molar-refractivity contribution is -0.118. The topological polar surface area (TPSA) is 102 Å². The maximum Gasteiger partial charge on any atom is 0.168 e. The fourth-order valence-electron chi connectivity index (χ4n) is 3.77. The van der Waals surface area contributed by atoms with Gasteiger partial charge >= 0.3 is 0 Å². The molecule has 2 aliphatic carbocycles. The molecule has 0 radical (unpaired) electrons. The van der Waals surface area contributed by atoms with Gasteiger partial charge in [-0.25, -0.2) is 0 Å². The Morgan fingerprint density at radius 1 is 1.26 bits per heavy atom. The van der Waals surface area contributed by atoms with Crippen LogP contribution >= 0.6 is 0 Å². The second kappa shape index (κ2) is 7.66. The molecule has 0 spiro atoms. The molecule has 1 aromatic rings. The highest BCUT2D eigenvalue weighted by Crippen LogP contribution is 2.36. The van der Waals surface area contributed by atoms with Crippen molar-refractivity contribution in [1.82, 2.24) is 5.16 Å². The molecule has 0 saturated heterocycles. The zero-order valence-corrected chi connectivity index (χ0v) is 16.1. The van der Waals surface area contributed by atoms with Crippen LogP contribution in [0.3, 0.4) is 0 Å². The summed E-state index contributed by atoms with van der Waals surface area (Å²) in [6, 6.07) is 0.